The summed E-state index contributed by atoms with van der Waals surface area (Å²) >= 11 is 0. The monoisotopic (exact) mass is 574 g/mol. The van der Waals surface area contributed by atoms with Gasteiger partial charge in [0.25, 0.3) is 5.92 Å². The number of pyridine rings is 1. The fourth-order valence-electron chi connectivity index (χ4n) is 6.32. The van der Waals surface area contributed by atoms with Crippen molar-refractivity contribution in [3.8, 4) is 5.75 Å². The zero-order chi connectivity index (χ0) is 29.3. The smallest absolute Gasteiger partial charge is 0.307 e. The number of carboxylic acid groups (broad SMARTS) is 1. The first-order valence-electron chi connectivity index (χ1n) is 14.7. The van der Waals surface area contributed by atoms with Gasteiger partial charge in [-0.1, -0.05) is 31.0 Å². The molecule has 1 N–H and O–H groups in total. The second-order valence-corrected chi connectivity index (χ2v) is 11.7. The molecule has 7 nitrogen and oxygen atoms in total. The van der Waals surface area contributed by atoms with Crippen LogP contribution < -0.4 is 9.64 Å². The molecular weight excluding hydrogens is 538 g/mol. The molecule has 1 aliphatic carbocycles. The van der Waals surface area contributed by atoms with E-state index in [9.17, 15) is 18.7 Å². The standard InChI is InChI=1S/C33H36F2N4O3/c1-22-7-10-24(36-18-22)20-42-26-13-14-29-30(17-26)39(31(37-29)27-5-2-3-6-28(27)32(40)41)19-23-8-11-25(12-9-23)38-16-4-15-33(34,35)21-38/h7-14,17-18,27-28H,2-6,15-16,19-21H2,1H3,(H,40,41)/t27-,28+/m1/s1. The molecular formula is C33H36F2N4O3. The van der Waals surface area contributed by atoms with Crippen molar-refractivity contribution in [2.24, 2.45) is 5.92 Å². The quantitative estimate of drug-likeness (QED) is 0.245. The van der Waals surface area contributed by atoms with Crippen LogP contribution in [0.5, 0.6) is 5.75 Å². The van der Waals surface area contributed by atoms with Crippen molar-refractivity contribution < 1.29 is 23.4 Å². The number of fused-ring (bicyclic) bond motifs is 1. The van der Waals surface area contributed by atoms with Crippen molar-refractivity contribution in [2.45, 2.75) is 70.4 Å². The Hall–Kier alpha value is -4.01. The lowest BCUT2D eigenvalue weighted by Crippen LogP contribution is -2.42. The molecule has 6 rings (SSSR count). The van der Waals surface area contributed by atoms with Gasteiger partial charge < -0.3 is 19.3 Å². The number of rotatable bonds is 8. The summed E-state index contributed by atoms with van der Waals surface area (Å²) in [5, 5.41) is 10.0. The lowest BCUT2D eigenvalue weighted by atomic mass is 9.78. The number of piperidine rings is 1. The topological polar surface area (TPSA) is 80.5 Å². The molecule has 2 fully saturated rings. The van der Waals surface area contributed by atoms with Gasteiger partial charge in [-0.15, -0.1) is 0 Å². The van der Waals surface area contributed by atoms with Crippen LogP contribution in [0.4, 0.5) is 14.5 Å². The number of halogens is 2. The van der Waals surface area contributed by atoms with Crippen LogP contribution in [-0.4, -0.2) is 44.6 Å². The minimum Gasteiger partial charge on any atom is -0.487 e. The number of carboxylic acids is 1. The highest BCUT2D eigenvalue weighted by atomic mass is 19.3. The van der Waals surface area contributed by atoms with Crippen LogP contribution in [0, 0.1) is 12.8 Å². The number of hydrogen-bond donors (Lipinski definition) is 1. The number of aryl methyl sites for hydroxylation is 1. The molecule has 0 bridgehead atoms. The third-order valence-electron chi connectivity index (χ3n) is 8.56. The highest BCUT2D eigenvalue weighted by Crippen LogP contribution is 2.40. The number of alkyl halides is 2. The van der Waals surface area contributed by atoms with Gasteiger partial charge in [-0.05, 0) is 67.6 Å². The molecule has 0 unspecified atom stereocenters. The number of carbonyl (C=O) groups is 1. The largest absolute Gasteiger partial charge is 0.487 e. The van der Waals surface area contributed by atoms with Crippen LogP contribution in [0.15, 0.2) is 60.8 Å². The first kappa shape index (κ1) is 28.1. The first-order valence-corrected chi connectivity index (χ1v) is 14.7. The zero-order valence-corrected chi connectivity index (χ0v) is 23.8. The Morgan fingerprint density at radius 3 is 2.62 bits per heavy atom. The number of imidazole rings is 1. The zero-order valence-electron chi connectivity index (χ0n) is 23.8. The molecule has 1 aliphatic heterocycles. The van der Waals surface area contributed by atoms with Crippen LogP contribution in [-0.2, 0) is 17.9 Å². The number of ether oxygens (including phenoxy) is 1. The van der Waals surface area contributed by atoms with Crippen LogP contribution in [0.2, 0.25) is 0 Å². The lowest BCUT2D eigenvalue weighted by molar-refractivity contribution is -0.143. The van der Waals surface area contributed by atoms with Gasteiger partial charge in [0.15, 0.2) is 0 Å². The van der Waals surface area contributed by atoms with Gasteiger partial charge >= 0.3 is 5.97 Å². The normalized spacial score (nSPS) is 20.5. The molecule has 2 aliphatic rings. The SMILES string of the molecule is Cc1ccc(COc2ccc3nc([C@@H]4CCCC[C@@H]4C(=O)O)n(Cc4ccc(N5CCCC(F)(F)C5)cc4)c3c2)nc1. The summed E-state index contributed by atoms with van der Waals surface area (Å²) in [5.41, 5.74) is 5.34. The van der Waals surface area contributed by atoms with Gasteiger partial charge in [-0.2, -0.15) is 0 Å². The number of benzene rings is 2. The molecule has 0 radical (unpaired) electrons. The van der Waals surface area contributed by atoms with E-state index in [0.29, 0.717) is 38.3 Å². The van der Waals surface area contributed by atoms with E-state index >= 15 is 0 Å². The Balaban J connectivity index is 1.32. The van der Waals surface area contributed by atoms with Gasteiger partial charge in [0.2, 0.25) is 0 Å². The van der Waals surface area contributed by atoms with Crippen molar-refractivity contribution in [2.75, 3.05) is 18.0 Å². The first-order chi connectivity index (χ1) is 20.3. The maximum atomic E-state index is 14.0. The van der Waals surface area contributed by atoms with E-state index < -0.39 is 17.8 Å². The summed E-state index contributed by atoms with van der Waals surface area (Å²) in [6.45, 7) is 3.15. The van der Waals surface area contributed by atoms with E-state index in [1.54, 1.807) is 4.90 Å². The summed E-state index contributed by atoms with van der Waals surface area (Å²) < 4.78 is 36.3. The number of anilines is 1. The fraction of sp³-hybridized carbons (Fsp3) is 0.424. The van der Waals surface area contributed by atoms with Crippen LogP contribution in [0.25, 0.3) is 11.0 Å². The van der Waals surface area contributed by atoms with Crippen molar-refractivity contribution in [3.63, 3.8) is 0 Å². The van der Waals surface area contributed by atoms with E-state index in [-0.39, 0.29) is 18.9 Å². The second-order valence-electron chi connectivity index (χ2n) is 11.7. The van der Waals surface area contributed by atoms with E-state index in [0.717, 1.165) is 58.6 Å². The molecule has 4 aromatic rings. The van der Waals surface area contributed by atoms with E-state index in [2.05, 4.69) is 9.55 Å². The third-order valence-corrected chi connectivity index (χ3v) is 8.56. The van der Waals surface area contributed by atoms with Crippen molar-refractivity contribution >= 4 is 22.7 Å². The maximum absolute atomic E-state index is 14.0. The minimum atomic E-state index is -2.67. The van der Waals surface area contributed by atoms with Crippen molar-refractivity contribution in [1.82, 2.24) is 14.5 Å². The molecule has 42 heavy (non-hydrogen) atoms. The number of aliphatic carboxylic acids is 1. The Morgan fingerprint density at radius 1 is 1.07 bits per heavy atom. The molecule has 3 heterocycles. The predicted octanol–water partition coefficient (Wildman–Crippen LogP) is 6.96. The highest BCUT2D eigenvalue weighted by molar-refractivity contribution is 5.79. The molecule has 220 valence electrons. The number of nitrogens with zero attached hydrogens (tertiary/aromatic N) is 4. The van der Waals surface area contributed by atoms with E-state index in [1.807, 2.05) is 67.7 Å². The number of hydrogen-bond acceptors (Lipinski definition) is 5. The summed E-state index contributed by atoms with van der Waals surface area (Å²) in [7, 11) is 0. The number of aromatic nitrogens is 3. The van der Waals surface area contributed by atoms with Crippen LogP contribution >= 0.6 is 0 Å². The van der Waals surface area contributed by atoms with Gasteiger partial charge in [-0.25, -0.2) is 13.8 Å². The van der Waals surface area contributed by atoms with Crippen LogP contribution in [0.3, 0.4) is 0 Å². The van der Waals surface area contributed by atoms with Crippen LogP contribution in [0.1, 0.15) is 67.1 Å². The molecule has 1 saturated carbocycles. The minimum absolute atomic E-state index is 0.0657. The van der Waals surface area contributed by atoms with Crippen molar-refractivity contribution in [3.05, 3.63) is 83.4 Å². The molecule has 2 aromatic heterocycles. The van der Waals surface area contributed by atoms with Gasteiger partial charge in [-0.3, -0.25) is 9.78 Å². The summed E-state index contributed by atoms with van der Waals surface area (Å²) in [4.78, 5) is 23.4. The molecule has 1 saturated heterocycles. The Morgan fingerprint density at radius 2 is 1.88 bits per heavy atom. The third kappa shape index (κ3) is 6.10. The lowest BCUT2D eigenvalue weighted by Gasteiger charge is -2.34. The Labute approximate surface area is 244 Å². The van der Waals surface area contributed by atoms with E-state index in [4.69, 9.17) is 9.72 Å². The highest BCUT2D eigenvalue weighted by Gasteiger charge is 2.36. The van der Waals surface area contributed by atoms with Crippen molar-refractivity contribution in [1.29, 1.82) is 0 Å². The van der Waals surface area contributed by atoms with Gasteiger partial charge in [0.1, 0.15) is 18.2 Å². The van der Waals surface area contributed by atoms with E-state index in [1.165, 1.54) is 0 Å². The fourth-order valence-corrected chi connectivity index (χ4v) is 6.32. The average Bonchev–Trinajstić information content (AvgIpc) is 3.34. The summed E-state index contributed by atoms with van der Waals surface area (Å²) in [5.74, 6) is -2.68. The maximum Gasteiger partial charge on any atom is 0.307 e. The molecule has 0 spiro atoms. The molecule has 0 amide bonds. The second kappa shape index (κ2) is 11.7. The van der Waals surface area contributed by atoms with Gasteiger partial charge in [0.05, 0.1) is 29.2 Å². The Bertz CT molecular complexity index is 1550. The average molecular weight is 575 g/mol. The summed E-state index contributed by atoms with van der Waals surface area (Å²) in [6.07, 6.45) is 5.48. The Kier molecular flexibility index (Phi) is 7.84. The predicted molar refractivity (Wildman–Crippen MR) is 157 cm³/mol. The van der Waals surface area contributed by atoms with Gasteiger partial charge in [0, 0.05) is 43.4 Å². The summed E-state index contributed by atoms with van der Waals surface area (Å²) in [6, 6.07) is 17.5. The molecule has 2 atom stereocenters. The molecule has 2 aromatic carbocycles. The molecule has 9 heteroatoms.